The van der Waals surface area contributed by atoms with Gasteiger partial charge in [0.15, 0.2) is 0 Å². The van der Waals surface area contributed by atoms with E-state index in [0.29, 0.717) is 11.3 Å². The van der Waals surface area contributed by atoms with Crippen LogP contribution < -0.4 is 11.1 Å². The van der Waals surface area contributed by atoms with Crippen LogP contribution in [0, 0.1) is 0 Å². The SMILES string of the molecule is CC(=O)NCC1=C(C(=O)O)N2C(=O)C(N)[C@H]2SC1. The second kappa shape index (κ2) is 4.62. The number of carboxylic acid groups (broad SMARTS) is 1. The van der Waals surface area contributed by atoms with Crippen molar-refractivity contribution in [1.29, 1.82) is 0 Å². The number of amides is 2. The van der Waals surface area contributed by atoms with Gasteiger partial charge in [0.2, 0.25) is 11.8 Å². The van der Waals surface area contributed by atoms with E-state index in [1.165, 1.54) is 23.6 Å². The number of carbonyl (C=O) groups is 3. The van der Waals surface area contributed by atoms with E-state index in [2.05, 4.69) is 5.32 Å². The molecule has 8 heteroatoms. The zero-order valence-corrected chi connectivity index (χ0v) is 10.5. The Balaban J connectivity index is 2.26. The second-order valence-electron chi connectivity index (χ2n) is 4.10. The number of thioether (sulfide) groups is 1. The molecule has 0 saturated carbocycles. The van der Waals surface area contributed by atoms with Crippen LogP contribution >= 0.6 is 11.8 Å². The molecule has 1 unspecified atom stereocenters. The third kappa shape index (κ3) is 1.97. The van der Waals surface area contributed by atoms with Gasteiger partial charge in [-0.2, -0.15) is 0 Å². The van der Waals surface area contributed by atoms with E-state index in [-0.39, 0.29) is 29.4 Å². The average molecular weight is 271 g/mol. The lowest BCUT2D eigenvalue weighted by Gasteiger charge is -2.48. The number of hydrogen-bond acceptors (Lipinski definition) is 5. The van der Waals surface area contributed by atoms with Gasteiger partial charge in [0.1, 0.15) is 17.1 Å². The lowest BCUT2D eigenvalue weighted by Crippen LogP contribution is -2.68. The van der Waals surface area contributed by atoms with E-state index < -0.39 is 12.0 Å². The van der Waals surface area contributed by atoms with Crippen molar-refractivity contribution < 1.29 is 19.5 Å². The summed E-state index contributed by atoms with van der Waals surface area (Å²) in [6.45, 7) is 1.49. The number of nitrogens with zero attached hydrogens (tertiary/aromatic N) is 1. The molecule has 0 spiro atoms. The van der Waals surface area contributed by atoms with E-state index in [1.807, 2.05) is 0 Å². The molecule has 0 aromatic rings. The number of carboxylic acids is 1. The van der Waals surface area contributed by atoms with Crippen LogP contribution in [0.2, 0.25) is 0 Å². The minimum Gasteiger partial charge on any atom is -0.477 e. The monoisotopic (exact) mass is 271 g/mol. The highest BCUT2D eigenvalue weighted by atomic mass is 32.2. The fraction of sp³-hybridized carbons (Fsp3) is 0.500. The third-order valence-corrected chi connectivity index (χ3v) is 4.20. The summed E-state index contributed by atoms with van der Waals surface area (Å²) in [4.78, 5) is 34.9. The van der Waals surface area contributed by atoms with Crippen LogP contribution in [0.3, 0.4) is 0 Å². The van der Waals surface area contributed by atoms with Crippen molar-refractivity contribution in [3.05, 3.63) is 11.3 Å². The Hall–Kier alpha value is -1.54. The summed E-state index contributed by atoms with van der Waals surface area (Å²) in [5.74, 6) is -1.35. The summed E-state index contributed by atoms with van der Waals surface area (Å²) in [6.07, 6.45) is 0. The average Bonchev–Trinajstić information content (AvgIpc) is 2.33. The fourth-order valence-corrected chi connectivity index (χ4v) is 3.24. The molecule has 2 aliphatic heterocycles. The minimum atomic E-state index is -1.17. The molecule has 4 N–H and O–H groups in total. The third-order valence-electron chi connectivity index (χ3n) is 2.84. The van der Waals surface area contributed by atoms with Crippen molar-refractivity contribution in [2.24, 2.45) is 5.73 Å². The predicted molar refractivity (Wildman–Crippen MR) is 64.4 cm³/mol. The first-order valence-electron chi connectivity index (χ1n) is 5.33. The summed E-state index contributed by atoms with van der Waals surface area (Å²) in [5, 5.41) is 11.4. The Morgan fingerprint density at radius 1 is 1.61 bits per heavy atom. The van der Waals surface area contributed by atoms with E-state index in [1.54, 1.807) is 0 Å². The number of hydrogen-bond donors (Lipinski definition) is 3. The Morgan fingerprint density at radius 2 is 2.28 bits per heavy atom. The normalized spacial score (nSPS) is 26.6. The van der Waals surface area contributed by atoms with Gasteiger partial charge in [0.25, 0.3) is 0 Å². The van der Waals surface area contributed by atoms with Gasteiger partial charge in [0.05, 0.1) is 0 Å². The topological polar surface area (TPSA) is 113 Å². The summed E-state index contributed by atoms with van der Waals surface area (Å²) < 4.78 is 0. The van der Waals surface area contributed by atoms with Crippen LogP contribution in [0.5, 0.6) is 0 Å². The van der Waals surface area contributed by atoms with Crippen LogP contribution in [0.1, 0.15) is 6.92 Å². The standard InChI is InChI=1S/C10H13N3O4S/c1-4(14)12-2-5-3-18-9-6(11)8(15)13(9)7(5)10(16)17/h6,9H,2-3,11H2,1H3,(H,12,14)(H,16,17)/t6?,9-/m1/s1. The molecule has 0 aromatic heterocycles. The number of fused-ring (bicyclic) bond motifs is 1. The van der Waals surface area contributed by atoms with Gasteiger partial charge in [0, 0.05) is 19.2 Å². The number of aliphatic carboxylic acids is 1. The summed E-state index contributed by atoms with van der Waals surface area (Å²) in [5.41, 5.74) is 6.09. The molecule has 2 aliphatic rings. The van der Waals surface area contributed by atoms with Gasteiger partial charge in [-0.15, -0.1) is 11.8 Å². The number of β-lactam (4-membered cyclic amide) rings is 1. The van der Waals surface area contributed by atoms with Gasteiger partial charge in [-0.1, -0.05) is 0 Å². The smallest absolute Gasteiger partial charge is 0.352 e. The first-order valence-corrected chi connectivity index (χ1v) is 6.38. The van der Waals surface area contributed by atoms with Crippen molar-refractivity contribution in [1.82, 2.24) is 10.2 Å². The molecule has 98 valence electrons. The zero-order chi connectivity index (χ0) is 13.4. The Morgan fingerprint density at radius 3 is 2.83 bits per heavy atom. The van der Waals surface area contributed by atoms with E-state index in [4.69, 9.17) is 5.73 Å². The largest absolute Gasteiger partial charge is 0.477 e. The Kier molecular flexibility index (Phi) is 3.31. The quantitative estimate of drug-likeness (QED) is 0.550. The molecule has 2 heterocycles. The molecule has 0 radical (unpaired) electrons. The molecular formula is C10H13N3O4S. The van der Waals surface area contributed by atoms with Crippen LogP contribution in [0.25, 0.3) is 0 Å². The van der Waals surface area contributed by atoms with Crippen LogP contribution in [-0.2, 0) is 14.4 Å². The van der Waals surface area contributed by atoms with Crippen LogP contribution in [0.4, 0.5) is 0 Å². The van der Waals surface area contributed by atoms with Crippen molar-refractivity contribution >= 4 is 29.5 Å². The molecule has 18 heavy (non-hydrogen) atoms. The predicted octanol–water partition coefficient (Wildman–Crippen LogP) is -1.30. The Labute approximate surface area is 107 Å². The highest BCUT2D eigenvalue weighted by molar-refractivity contribution is 8.00. The lowest BCUT2D eigenvalue weighted by molar-refractivity contribution is -0.148. The van der Waals surface area contributed by atoms with Gasteiger partial charge in [-0.25, -0.2) is 4.79 Å². The van der Waals surface area contributed by atoms with Crippen LogP contribution in [-0.4, -0.2) is 51.5 Å². The molecule has 2 atom stereocenters. The van der Waals surface area contributed by atoms with Gasteiger partial charge in [-0.3, -0.25) is 14.5 Å². The maximum atomic E-state index is 11.6. The van der Waals surface area contributed by atoms with Gasteiger partial charge < -0.3 is 16.2 Å². The van der Waals surface area contributed by atoms with E-state index in [0.717, 1.165) is 0 Å². The maximum absolute atomic E-state index is 11.6. The van der Waals surface area contributed by atoms with E-state index >= 15 is 0 Å². The number of carbonyl (C=O) groups excluding carboxylic acids is 2. The minimum absolute atomic E-state index is 0.0424. The molecule has 0 bridgehead atoms. The highest BCUT2D eigenvalue weighted by Crippen LogP contribution is 2.39. The maximum Gasteiger partial charge on any atom is 0.352 e. The number of nitrogens with one attached hydrogen (secondary N) is 1. The summed E-state index contributed by atoms with van der Waals surface area (Å²) >= 11 is 1.41. The first kappa shape index (κ1) is 12.9. The number of nitrogens with two attached hydrogens (primary N) is 1. The van der Waals surface area contributed by atoms with Gasteiger partial charge >= 0.3 is 5.97 Å². The zero-order valence-electron chi connectivity index (χ0n) is 9.67. The van der Waals surface area contributed by atoms with Crippen LogP contribution in [0.15, 0.2) is 11.3 Å². The molecular weight excluding hydrogens is 258 g/mol. The van der Waals surface area contributed by atoms with Crippen molar-refractivity contribution in [3.8, 4) is 0 Å². The lowest BCUT2D eigenvalue weighted by atomic mass is 10.0. The molecule has 1 saturated heterocycles. The van der Waals surface area contributed by atoms with Crippen molar-refractivity contribution in [3.63, 3.8) is 0 Å². The number of rotatable bonds is 3. The molecule has 2 amide bonds. The molecule has 0 aromatic carbocycles. The Bertz CT molecular complexity index is 462. The molecule has 2 rings (SSSR count). The van der Waals surface area contributed by atoms with Crippen molar-refractivity contribution in [2.75, 3.05) is 12.3 Å². The second-order valence-corrected chi connectivity index (χ2v) is 5.21. The molecule has 7 nitrogen and oxygen atoms in total. The van der Waals surface area contributed by atoms with Gasteiger partial charge in [-0.05, 0) is 5.57 Å². The molecule has 0 aliphatic carbocycles. The summed E-state index contributed by atoms with van der Waals surface area (Å²) in [6, 6.07) is -0.633. The highest BCUT2D eigenvalue weighted by Gasteiger charge is 2.51. The van der Waals surface area contributed by atoms with Crippen molar-refractivity contribution in [2.45, 2.75) is 18.3 Å². The fourth-order valence-electron chi connectivity index (χ4n) is 1.95. The summed E-state index contributed by atoms with van der Waals surface area (Å²) in [7, 11) is 0. The first-order chi connectivity index (χ1) is 8.43. The molecule has 1 fully saturated rings. The van der Waals surface area contributed by atoms with E-state index in [9.17, 15) is 19.5 Å².